The van der Waals surface area contributed by atoms with E-state index in [1.54, 1.807) is 0 Å². The predicted molar refractivity (Wildman–Crippen MR) is 120 cm³/mol. The molecule has 1 aliphatic heterocycles. The minimum atomic E-state index is 0.00948. The highest BCUT2D eigenvalue weighted by Crippen LogP contribution is 2.50. The van der Waals surface area contributed by atoms with Crippen LogP contribution in [0.3, 0.4) is 0 Å². The first kappa shape index (κ1) is 17.4. The summed E-state index contributed by atoms with van der Waals surface area (Å²) in [6.07, 6.45) is 4.67. The average Bonchev–Trinajstić information content (AvgIpc) is 3.31. The van der Waals surface area contributed by atoms with Gasteiger partial charge in [0.05, 0.1) is 11.4 Å². The van der Waals surface area contributed by atoms with E-state index in [9.17, 15) is 0 Å². The van der Waals surface area contributed by atoms with Gasteiger partial charge in [-0.15, -0.1) is 0 Å². The topological polar surface area (TPSA) is 12.4 Å². The molecule has 1 atom stereocenters. The fourth-order valence-corrected chi connectivity index (χ4v) is 5.33. The van der Waals surface area contributed by atoms with E-state index in [4.69, 9.17) is 4.99 Å². The minimum absolute atomic E-state index is 0.00948. The number of allylic oxidation sites excluding steroid dienone is 5. The molecule has 0 N–H and O–H groups in total. The fourth-order valence-electron chi connectivity index (χ4n) is 5.33. The molecule has 0 saturated heterocycles. The van der Waals surface area contributed by atoms with Crippen molar-refractivity contribution in [3.8, 4) is 0 Å². The van der Waals surface area contributed by atoms with Crippen molar-refractivity contribution >= 4 is 23.0 Å². The van der Waals surface area contributed by atoms with Crippen molar-refractivity contribution in [3.05, 3.63) is 87.0 Å². The van der Waals surface area contributed by atoms with E-state index in [1.807, 2.05) is 0 Å². The van der Waals surface area contributed by atoms with Crippen LogP contribution in [-0.2, 0) is 5.41 Å². The first-order valence-electron chi connectivity index (χ1n) is 10.2. The van der Waals surface area contributed by atoms with Crippen LogP contribution in [0.1, 0.15) is 68.4 Å². The Morgan fingerprint density at radius 3 is 2.43 bits per heavy atom. The third-order valence-corrected chi connectivity index (χ3v) is 7.21. The van der Waals surface area contributed by atoms with E-state index >= 15 is 0 Å². The van der Waals surface area contributed by atoms with Crippen molar-refractivity contribution in [2.45, 2.75) is 52.9 Å². The van der Waals surface area contributed by atoms with Gasteiger partial charge >= 0.3 is 0 Å². The Morgan fingerprint density at radius 1 is 0.893 bits per heavy atom. The smallest absolute Gasteiger partial charge is 0.0750 e. The molecule has 1 heterocycles. The number of hydrogen-bond acceptors (Lipinski definition) is 1. The molecule has 0 amide bonds. The van der Waals surface area contributed by atoms with Crippen molar-refractivity contribution in [2.75, 3.05) is 0 Å². The summed E-state index contributed by atoms with van der Waals surface area (Å²) in [5, 5.41) is 0. The molecule has 3 aliphatic rings. The monoisotopic (exact) mass is 365 g/mol. The summed E-state index contributed by atoms with van der Waals surface area (Å²) in [7, 11) is 0. The number of nitrogens with zero attached hydrogens (tertiary/aromatic N) is 1. The van der Waals surface area contributed by atoms with E-state index in [2.05, 4.69) is 90.1 Å². The Labute approximate surface area is 168 Å². The van der Waals surface area contributed by atoms with Gasteiger partial charge in [0, 0.05) is 22.5 Å². The van der Waals surface area contributed by atoms with Crippen LogP contribution < -0.4 is 0 Å². The SMILES string of the molecule is CC1=C(C)C(C)=C2C1=Nc1cc(C)c(C(C)(C)C3C=Cc4ccccc43)cc12. The minimum Gasteiger partial charge on any atom is -0.247 e. The van der Waals surface area contributed by atoms with Crippen molar-refractivity contribution in [3.63, 3.8) is 0 Å². The molecule has 0 aromatic heterocycles. The number of aryl methyl sites for hydroxylation is 1. The second-order valence-electron chi connectivity index (χ2n) is 9.08. The van der Waals surface area contributed by atoms with Crippen LogP contribution in [0.25, 0.3) is 11.6 Å². The molecule has 2 aromatic rings. The zero-order valence-electron chi connectivity index (χ0n) is 17.6. The van der Waals surface area contributed by atoms with Crippen LogP contribution in [0.4, 0.5) is 5.69 Å². The van der Waals surface area contributed by atoms with Crippen LogP contribution in [0.2, 0.25) is 0 Å². The standard InChI is InChI=1S/C27H27N/c1-15-13-24-21(25-17(3)16(2)18(4)26(25)28-24)14-23(15)27(5,6)22-12-11-19-9-7-8-10-20(19)22/h7-14,22H,1-6H3. The first-order valence-corrected chi connectivity index (χ1v) is 10.2. The van der Waals surface area contributed by atoms with Gasteiger partial charge in [0.15, 0.2) is 0 Å². The van der Waals surface area contributed by atoms with Crippen LogP contribution in [0.5, 0.6) is 0 Å². The van der Waals surface area contributed by atoms with E-state index in [0.29, 0.717) is 5.92 Å². The van der Waals surface area contributed by atoms with Crippen LogP contribution >= 0.6 is 0 Å². The number of rotatable bonds is 2. The van der Waals surface area contributed by atoms with Crippen molar-refractivity contribution in [2.24, 2.45) is 4.99 Å². The molecule has 0 spiro atoms. The zero-order valence-corrected chi connectivity index (χ0v) is 17.6. The molecule has 5 rings (SSSR count). The molecule has 1 heteroatoms. The van der Waals surface area contributed by atoms with Gasteiger partial charge in [-0.1, -0.05) is 50.3 Å². The normalized spacial score (nSPS) is 19.9. The van der Waals surface area contributed by atoms with E-state index < -0.39 is 0 Å². The first-order chi connectivity index (χ1) is 13.3. The number of fused-ring (bicyclic) bond motifs is 4. The van der Waals surface area contributed by atoms with Crippen molar-refractivity contribution < 1.29 is 0 Å². The number of hydrogen-bond donors (Lipinski definition) is 0. The van der Waals surface area contributed by atoms with Crippen LogP contribution in [-0.4, -0.2) is 5.71 Å². The Bertz CT molecular complexity index is 1160. The molecule has 0 fully saturated rings. The van der Waals surface area contributed by atoms with Gasteiger partial charge in [0.1, 0.15) is 0 Å². The lowest BCUT2D eigenvalue weighted by atomic mass is 9.69. The van der Waals surface area contributed by atoms with Crippen LogP contribution in [0.15, 0.2) is 64.2 Å². The average molecular weight is 366 g/mol. The number of benzene rings is 2. The van der Waals surface area contributed by atoms with Crippen molar-refractivity contribution in [1.29, 1.82) is 0 Å². The van der Waals surface area contributed by atoms with E-state index in [1.165, 1.54) is 55.8 Å². The van der Waals surface area contributed by atoms with Gasteiger partial charge in [-0.2, -0.15) is 0 Å². The Kier molecular flexibility index (Phi) is 3.53. The van der Waals surface area contributed by atoms with Crippen molar-refractivity contribution in [1.82, 2.24) is 0 Å². The van der Waals surface area contributed by atoms with Crippen LogP contribution in [0, 0.1) is 6.92 Å². The molecule has 1 unspecified atom stereocenters. The Morgan fingerprint density at radius 2 is 1.64 bits per heavy atom. The molecular formula is C27H27N. The van der Waals surface area contributed by atoms with Gasteiger partial charge in [-0.25, -0.2) is 4.99 Å². The summed E-state index contributed by atoms with van der Waals surface area (Å²) in [5.41, 5.74) is 14.6. The molecule has 0 saturated carbocycles. The molecule has 140 valence electrons. The quantitative estimate of drug-likeness (QED) is 0.530. The zero-order chi connectivity index (χ0) is 19.8. The maximum atomic E-state index is 5.00. The Balaban J connectivity index is 1.65. The summed E-state index contributed by atoms with van der Waals surface area (Å²) < 4.78 is 0. The van der Waals surface area contributed by atoms with E-state index in [-0.39, 0.29) is 5.41 Å². The molecular weight excluding hydrogens is 338 g/mol. The summed E-state index contributed by atoms with van der Waals surface area (Å²) in [4.78, 5) is 5.00. The maximum Gasteiger partial charge on any atom is 0.0750 e. The molecule has 28 heavy (non-hydrogen) atoms. The molecule has 2 aromatic carbocycles. The van der Waals surface area contributed by atoms with Gasteiger partial charge < -0.3 is 0 Å². The van der Waals surface area contributed by atoms with Gasteiger partial charge in [-0.3, -0.25) is 0 Å². The second kappa shape index (κ2) is 5.67. The molecule has 1 nitrogen and oxygen atoms in total. The lowest BCUT2D eigenvalue weighted by molar-refractivity contribution is 0.471. The summed E-state index contributed by atoms with van der Waals surface area (Å²) in [6.45, 7) is 13.7. The third-order valence-electron chi connectivity index (χ3n) is 7.21. The highest BCUT2D eigenvalue weighted by Gasteiger charge is 2.37. The lowest BCUT2D eigenvalue weighted by Gasteiger charge is -2.34. The summed E-state index contributed by atoms with van der Waals surface area (Å²) in [5.74, 6) is 0.391. The summed E-state index contributed by atoms with van der Waals surface area (Å²) in [6, 6.07) is 13.5. The third kappa shape index (κ3) is 2.16. The number of aliphatic imine (C=N–C) groups is 1. The highest BCUT2D eigenvalue weighted by molar-refractivity contribution is 6.39. The molecule has 0 bridgehead atoms. The fraction of sp³-hybridized carbons (Fsp3) is 0.296. The second-order valence-corrected chi connectivity index (χ2v) is 9.08. The largest absolute Gasteiger partial charge is 0.247 e. The van der Waals surface area contributed by atoms with Gasteiger partial charge in [0.2, 0.25) is 0 Å². The predicted octanol–water partition coefficient (Wildman–Crippen LogP) is 7.29. The van der Waals surface area contributed by atoms with E-state index in [0.717, 1.165) is 5.69 Å². The van der Waals surface area contributed by atoms with Gasteiger partial charge in [0.25, 0.3) is 0 Å². The Hall–Kier alpha value is -2.67. The van der Waals surface area contributed by atoms with Gasteiger partial charge in [-0.05, 0) is 78.8 Å². The molecule has 2 aliphatic carbocycles. The summed E-state index contributed by atoms with van der Waals surface area (Å²) >= 11 is 0. The lowest BCUT2D eigenvalue weighted by Crippen LogP contribution is -2.26. The maximum absolute atomic E-state index is 5.00. The molecule has 0 radical (unpaired) electrons. The highest BCUT2D eigenvalue weighted by atomic mass is 14.8.